The maximum absolute atomic E-state index is 5.80. The quantitative estimate of drug-likeness (QED) is 0.673. The van der Waals surface area contributed by atoms with E-state index >= 15 is 0 Å². The zero-order valence-electron chi connectivity index (χ0n) is 8.55. The Hall–Kier alpha value is -0.0400. The van der Waals surface area contributed by atoms with Crippen LogP contribution in [0.3, 0.4) is 0 Å². The van der Waals surface area contributed by atoms with Crippen molar-refractivity contribution >= 4 is 0 Å². The van der Waals surface area contributed by atoms with Gasteiger partial charge in [0.05, 0.1) is 0 Å². The van der Waals surface area contributed by atoms with Gasteiger partial charge in [-0.2, -0.15) is 0 Å². The molecule has 1 aliphatic carbocycles. The Kier molecular flexibility index (Phi) is 4.07. The summed E-state index contributed by atoms with van der Waals surface area (Å²) in [5.41, 5.74) is 5.80. The van der Waals surface area contributed by atoms with Crippen LogP contribution in [0.25, 0.3) is 0 Å². The number of hydrogen-bond donors (Lipinski definition) is 1. The minimum Gasteiger partial charge on any atom is -0.328 e. The van der Waals surface area contributed by atoms with Crippen LogP contribution in [0, 0.1) is 11.8 Å². The monoisotopic (exact) mass is 169 g/mol. The second-order valence-corrected chi connectivity index (χ2v) is 4.56. The van der Waals surface area contributed by atoms with Crippen molar-refractivity contribution in [2.75, 3.05) is 0 Å². The fourth-order valence-electron chi connectivity index (χ4n) is 1.77. The lowest BCUT2D eigenvalue weighted by atomic mass is 9.81. The van der Waals surface area contributed by atoms with Crippen LogP contribution in [0.4, 0.5) is 0 Å². The molecule has 0 aromatic carbocycles. The van der Waals surface area contributed by atoms with E-state index in [2.05, 4.69) is 13.8 Å². The van der Waals surface area contributed by atoms with Crippen LogP contribution in [-0.4, -0.2) is 6.04 Å². The van der Waals surface area contributed by atoms with Gasteiger partial charge in [0, 0.05) is 6.04 Å². The SMILES string of the molecule is CC(CCCC1CCC1)[C@@H](C)N. The molecule has 0 aromatic heterocycles. The van der Waals surface area contributed by atoms with Gasteiger partial charge in [0.15, 0.2) is 0 Å². The first-order chi connectivity index (χ1) is 5.70. The third-order valence-electron chi connectivity index (χ3n) is 3.39. The van der Waals surface area contributed by atoms with Gasteiger partial charge in [-0.3, -0.25) is 0 Å². The van der Waals surface area contributed by atoms with Crippen LogP contribution < -0.4 is 5.73 Å². The number of nitrogens with two attached hydrogens (primary N) is 1. The highest BCUT2D eigenvalue weighted by Gasteiger charge is 2.17. The van der Waals surface area contributed by atoms with Gasteiger partial charge >= 0.3 is 0 Å². The van der Waals surface area contributed by atoms with Crippen molar-refractivity contribution in [3.05, 3.63) is 0 Å². The Morgan fingerprint density at radius 3 is 2.42 bits per heavy atom. The minimum absolute atomic E-state index is 0.381. The maximum atomic E-state index is 5.80. The summed E-state index contributed by atoms with van der Waals surface area (Å²) in [6.07, 6.45) is 8.64. The van der Waals surface area contributed by atoms with E-state index in [1.54, 1.807) is 0 Å². The van der Waals surface area contributed by atoms with Gasteiger partial charge in [0.25, 0.3) is 0 Å². The van der Waals surface area contributed by atoms with Gasteiger partial charge in [0.2, 0.25) is 0 Å². The molecule has 0 spiro atoms. The Balaban J connectivity index is 1.93. The highest BCUT2D eigenvalue weighted by Crippen LogP contribution is 2.31. The molecule has 12 heavy (non-hydrogen) atoms. The minimum atomic E-state index is 0.381. The van der Waals surface area contributed by atoms with Crippen molar-refractivity contribution in [3.63, 3.8) is 0 Å². The summed E-state index contributed by atoms with van der Waals surface area (Å²) in [4.78, 5) is 0. The fourth-order valence-corrected chi connectivity index (χ4v) is 1.77. The molecule has 2 N–H and O–H groups in total. The second kappa shape index (κ2) is 4.86. The molecule has 1 fully saturated rings. The third kappa shape index (κ3) is 3.14. The lowest BCUT2D eigenvalue weighted by molar-refractivity contribution is 0.277. The summed E-state index contributed by atoms with van der Waals surface area (Å²) in [7, 11) is 0. The smallest absolute Gasteiger partial charge is 0.00361 e. The molecule has 1 nitrogen and oxygen atoms in total. The molecule has 1 aliphatic rings. The topological polar surface area (TPSA) is 26.0 Å². The van der Waals surface area contributed by atoms with E-state index in [4.69, 9.17) is 5.73 Å². The van der Waals surface area contributed by atoms with Crippen molar-refractivity contribution in [3.8, 4) is 0 Å². The molecule has 2 atom stereocenters. The molecule has 1 saturated carbocycles. The average Bonchev–Trinajstić information content (AvgIpc) is 1.93. The van der Waals surface area contributed by atoms with Crippen LogP contribution in [0.2, 0.25) is 0 Å². The van der Waals surface area contributed by atoms with Gasteiger partial charge in [-0.1, -0.05) is 39.0 Å². The fraction of sp³-hybridized carbons (Fsp3) is 1.00. The van der Waals surface area contributed by atoms with E-state index < -0.39 is 0 Å². The Bertz CT molecular complexity index is 116. The molecular weight excluding hydrogens is 146 g/mol. The standard InChI is InChI=1S/C11H23N/c1-9(10(2)12)5-3-6-11-7-4-8-11/h9-11H,3-8,12H2,1-2H3/t9?,10-/m1/s1. The summed E-state index contributed by atoms with van der Waals surface area (Å²) in [6, 6.07) is 0.381. The predicted molar refractivity (Wildman–Crippen MR) is 54.0 cm³/mol. The van der Waals surface area contributed by atoms with Crippen LogP contribution >= 0.6 is 0 Å². The highest BCUT2D eigenvalue weighted by atomic mass is 14.6. The summed E-state index contributed by atoms with van der Waals surface area (Å²) < 4.78 is 0. The van der Waals surface area contributed by atoms with Crippen molar-refractivity contribution in [1.82, 2.24) is 0 Å². The molecule has 0 radical (unpaired) electrons. The van der Waals surface area contributed by atoms with Gasteiger partial charge in [0.1, 0.15) is 0 Å². The Morgan fingerprint density at radius 1 is 1.33 bits per heavy atom. The normalized spacial score (nSPS) is 23.2. The van der Waals surface area contributed by atoms with Crippen LogP contribution in [0.5, 0.6) is 0 Å². The van der Waals surface area contributed by atoms with Crippen LogP contribution in [0.15, 0.2) is 0 Å². The summed E-state index contributed by atoms with van der Waals surface area (Å²) in [6.45, 7) is 4.39. The van der Waals surface area contributed by atoms with Crippen molar-refractivity contribution < 1.29 is 0 Å². The molecule has 1 heteroatoms. The third-order valence-corrected chi connectivity index (χ3v) is 3.39. The largest absolute Gasteiger partial charge is 0.328 e. The lowest BCUT2D eigenvalue weighted by Crippen LogP contribution is -2.24. The highest BCUT2D eigenvalue weighted by molar-refractivity contribution is 4.71. The van der Waals surface area contributed by atoms with Crippen molar-refractivity contribution in [2.24, 2.45) is 17.6 Å². The van der Waals surface area contributed by atoms with E-state index in [1.165, 1.54) is 38.5 Å². The molecule has 0 aliphatic heterocycles. The summed E-state index contributed by atoms with van der Waals surface area (Å²) in [5.74, 6) is 1.79. The number of rotatable bonds is 5. The van der Waals surface area contributed by atoms with E-state index in [0.717, 1.165) is 5.92 Å². The molecule has 72 valence electrons. The molecule has 1 rings (SSSR count). The van der Waals surface area contributed by atoms with Crippen LogP contribution in [0.1, 0.15) is 52.4 Å². The zero-order chi connectivity index (χ0) is 8.97. The van der Waals surface area contributed by atoms with E-state index in [9.17, 15) is 0 Å². The molecule has 1 unspecified atom stereocenters. The first-order valence-electron chi connectivity index (χ1n) is 5.45. The van der Waals surface area contributed by atoms with E-state index in [0.29, 0.717) is 12.0 Å². The summed E-state index contributed by atoms with van der Waals surface area (Å²) in [5, 5.41) is 0. The first-order valence-corrected chi connectivity index (χ1v) is 5.45. The second-order valence-electron chi connectivity index (χ2n) is 4.56. The molecular formula is C11H23N. The van der Waals surface area contributed by atoms with E-state index in [1.807, 2.05) is 0 Å². The Morgan fingerprint density at radius 2 is 2.00 bits per heavy atom. The number of hydrogen-bond acceptors (Lipinski definition) is 1. The molecule has 0 aromatic rings. The predicted octanol–water partition coefficient (Wildman–Crippen LogP) is 2.94. The average molecular weight is 169 g/mol. The first kappa shape index (κ1) is 10.0. The molecule has 0 bridgehead atoms. The zero-order valence-corrected chi connectivity index (χ0v) is 8.55. The lowest BCUT2D eigenvalue weighted by Gasteiger charge is -2.26. The van der Waals surface area contributed by atoms with Crippen LogP contribution in [-0.2, 0) is 0 Å². The van der Waals surface area contributed by atoms with Crippen molar-refractivity contribution in [2.45, 2.75) is 58.4 Å². The van der Waals surface area contributed by atoms with E-state index in [-0.39, 0.29) is 0 Å². The Labute approximate surface area is 76.7 Å². The molecule has 0 amide bonds. The molecule has 0 heterocycles. The maximum Gasteiger partial charge on any atom is 0.00361 e. The van der Waals surface area contributed by atoms with Gasteiger partial charge in [-0.25, -0.2) is 0 Å². The van der Waals surface area contributed by atoms with Gasteiger partial charge in [-0.05, 0) is 25.2 Å². The van der Waals surface area contributed by atoms with Gasteiger partial charge in [-0.15, -0.1) is 0 Å². The van der Waals surface area contributed by atoms with Crippen molar-refractivity contribution in [1.29, 1.82) is 0 Å². The van der Waals surface area contributed by atoms with Gasteiger partial charge < -0.3 is 5.73 Å². The molecule has 0 saturated heterocycles. The summed E-state index contributed by atoms with van der Waals surface area (Å²) >= 11 is 0.